The largest absolute Gasteiger partial charge is 0.494 e. The van der Waals surface area contributed by atoms with Crippen LogP contribution in [0, 0.1) is 11.3 Å². The lowest BCUT2D eigenvalue weighted by atomic mass is 9.80. The van der Waals surface area contributed by atoms with Crippen LogP contribution in [0.25, 0.3) is 0 Å². The van der Waals surface area contributed by atoms with Gasteiger partial charge in [0.15, 0.2) is 0 Å². The van der Waals surface area contributed by atoms with E-state index in [9.17, 15) is 0 Å². The number of rotatable bonds is 4. The summed E-state index contributed by atoms with van der Waals surface area (Å²) in [7, 11) is 0. The average molecular weight is 276 g/mol. The number of nitrogen functional groups attached to an aromatic ring is 1. The molecule has 1 aromatic rings. The third-order valence-electron chi connectivity index (χ3n) is 4.28. The molecule has 2 N–H and O–H groups in total. The highest BCUT2D eigenvalue weighted by Crippen LogP contribution is 2.35. The maximum absolute atomic E-state index is 5.92. The second-order valence-corrected chi connectivity index (χ2v) is 6.89. The van der Waals surface area contributed by atoms with Crippen molar-refractivity contribution in [3.63, 3.8) is 0 Å². The average Bonchev–Trinajstić information content (AvgIpc) is 2.81. The zero-order valence-corrected chi connectivity index (χ0v) is 13.3. The van der Waals surface area contributed by atoms with Gasteiger partial charge >= 0.3 is 0 Å². The van der Waals surface area contributed by atoms with Crippen molar-refractivity contribution in [1.29, 1.82) is 0 Å². The van der Waals surface area contributed by atoms with Crippen LogP contribution in [0.4, 0.5) is 5.69 Å². The van der Waals surface area contributed by atoms with E-state index in [1.54, 1.807) is 0 Å². The van der Waals surface area contributed by atoms with Gasteiger partial charge in [-0.1, -0.05) is 20.8 Å². The van der Waals surface area contributed by atoms with Crippen molar-refractivity contribution in [3.05, 3.63) is 23.8 Å². The van der Waals surface area contributed by atoms with Crippen molar-refractivity contribution < 1.29 is 4.74 Å². The van der Waals surface area contributed by atoms with Gasteiger partial charge in [-0.05, 0) is 49.4 Å². The van der Waals surface area contributed by atoms with E-state index < -0.39 is 0 Å². The molecule has 0 aromatic heterocycles. The molecule has 1 heterocycles. The van der Waals surface area contributed by atoms with Crippen molar-refractivity contribution >= 4 is 5.69 Å². The van der Waals surface area contributed by atoms with Gasteiger partial charge in [0.1, 0.15) is 5.75 Å². The van der Waals surface area contributed by atoms with E-state index >= 15 is 0 Å². The first-order chi connectivity index (χ1) is 9.40. The number of hydrogen-bond acceptors (Lipinski definition) is 3. The molecule has 112 valence electrons. The third-order valence-corrected chi connectivity index (χ3v) is 4.28. The standard InChI is InChI=1S/C17H28N2O/c1-5-20-16-7-6-15(18)10-13(16)11-19-9-8-14(12-19)17(2,3)4/h6-7,10,14H,5,8-9,11-12,18H2,1-4H3. The van der Waals surface area contributed by atoms with Crippen LogP contribution in [0.5, 0.6) is 5.75 Å². The summed E-state index contributed by atoms with van der Waals surface area (Å²) in [6, 6.07) is 5.96. The summed E-state index contributed by atoms with van der Waals surface area (Å²) in [5, 5.41) is 0. The van der Waals surface area contributed by atoms with Gasteiger partial charge < -0.3 is 10.5 Å². The molecule has 1 saturated heterocycles. The molecule has 0 saturated carbocycles. The Morgan fingerprint density at radius 3 is 2.70 bits per heavy atom. The van der Waals surface area contributed by atoms with E-state index in [0.717, 1.165) is 23.9 Å². The fraction of sp³-hybridized carbons (Fsp3) is 0.647. The van der Waals surface area contributed by atoms with Crippen molar-refractivity contribution in [1.82, 2.24) is 4.90 Å². The van der Waals surface area contributed by atoms with Crippen molar-refractivity contribution in [3.8, 4) is 5.75 Å². The number of benzene rings is 1. The van der Waals surface area contributed by atoms with Crippen LogP contribution in [0.3, 0.4) is 0 Å². The minimum Gasteiger partial charge on any atom is -0.494 e. The lowest BCUT2D eigenvalue weighted by Crippen LogP contribution is -2.26. The van der Waals surface area contributed by atoms with Crippen LogP contribution in [0.1, 0.15) is 39.7 Å². The first kappa shape index (κ1) is 15.2. The quantitative estimate of drug-likeness (QED) is 0.855. The molecule has 1 aromatic carbocycles. The van der Waals surface area contributed by atoms with E-state index in [1.807, 2.05) is 19.1 Å². The number of likely N-dealkylation sites (tertiary alicyclic amines) is 1. The number of nitrogens with two attached hydrogens (primary N) is 1. The number of nitrogens with zero attached hydrogens (tertiary/aromatic N) is 1. The van der Waals surface area contributed by atoms with Crippen molar-refractivity contribution in [2.24, 2.45) is 11.3 Å². The topological polar surface area (TPSA) is 38.5 Å². The van der Waals surface area contributed by atoms with E-state index in [-0.39, 0.29) is 0 Å². The van der Waals surface area contributed by atoms with Crippen LogP contribution in [0.15, 0.2) is 18.2 Å². The maximum atomic E-state index is 5.92. The third kappa shape index (κ3) is 3.66. The van der Waals surface area contributed by atoms with E-state index in [0.29, 0.717) is 12.0 Å². The van der Waals surface area contributed by atoms with Crippen LogP contribution in [-0.4, -0.2) is 24.6 Å². The molecule has 1 fully saturated rings. The molecule has 0 amide bonds. The summed E-state index contributed by atoms with van der Waals surface area (Å²) in [5.41, 5.74) is 8.34. The van der Waals surface area contributed by atoms with Gasteiger partial charge in [0, 0.05) is 24.3 Å². The van der Waals surface area contributed by atoms with Crippen molar-refractivity contribution in [2.45, 2.75) is 40.7 Å². The van der Waals surface area contributed by atoms with Crippen LogP contribution < -0.4 is 10.5 Å². The van der Waals surface area contributed by atoms with Crippen LogP contribution in [-0.2, 0) is 6.54 Å². The second-order valence-electron chi connectivity index (χ2n) is 6.89. The van der Waals surface area contributed by atoms with Gasteiger partial charge in [-0.2, -0.15) is 0 Å². The summed E-state index contributed by atoms with van der Waals surface area (Å²) in [5.74, 6) is 1.75. The molecule has 1 aliphatic heterocycles. The Bertz CT molecular complexity index is 451. The van der Waals surface area contributed by atoms with E-state index in [2.05, 4.69) is 31.7 Å². The summed E-state index contributed by atoms with van der Waals surface area (Å²) < 4.78 is 5.71. The molecule has 0 radical (unpaired) electrons. The minimum absolute atomic E-state index is 0.396. The number of hydrogen-bond donors (Lipinski definition) is 1. The van der Waals surface area contributed by atoms with Crippen LogP contribution in [0.2, 0.25) is 0 Å². The molecule has 0 spiro atoms. The smallest absolute Gasteiger partial charge is 0.123 e. The van der Waals surface area contributed by atoms with Gasteiger partial charge in [0.25, 0.3) is 0 Å². The second kappa shape index (κ2) is 6.04. The summed E-state index contributed by atoms with van der Waals surface area (Å²) in [4.78, 5) is 2.52. The number of anilines is 1. The highest BCUT2D eigenvalue weighted by molar-refractivity contribution is 5.47. The predicted octanol–water partition coefficient (Wildman–Crippen LogP) is 3.54. The molecule has 1 aliphatic rings. The fourth-order valence-corrected chi connectivity index (χ4v) is 2.94. The first-order valence-corrected chi connectivity index (χ1v) is 7.63. The van der Waals surface area contributed by atoms with Gasteiger partial charge in [0.2, 0.25) is 0 Å². The molecule has 1 atom stereocenters. The van der Waals surface area contributed by atoms with Gasteiger partial charge in [-0.3, -0.25) is 4.90 Å². The molecule has 0 bridgehead atoms. The normalized spacial score (nSPS) is 20.3. The maximum Gasteiger partial charge on any atom is 0.123 e. The highest BCUT2D eigenvalue weighted by atomic mass is 16.5. The Balaban J connectivity index is 2.05. The monoisotopic (exact) mass is 276 g/mol. The molecule has 0 aliphatic carbocycles. The molecular weight excluding hydrogens is 248 g/mol. The van der Waals surface area contributed by atoms with E-state index in [1.165, 1.54) is 25.1 Å². The first-order valence-electron chi connectivity index (χ1n) is 7.63. The van der Waals surface area contributed by atoms with Gasteiger partial charge in [0.05, 0.1) is 6.61 Å². The Hall–Kier alpha value is -1.22. The lowest BCUT2D eigenvalue weighted by Gasteiger charge is -2.27. The molecule has 20 heavy (non-hydrogen) atoms. The predicted molar refractivity (Wildman–Crippen MR) is 84.9 cm³/mol. The molecule has 3 nitrogen and oxygen atoms in total. The molecular formula is C17H28N2O. The Morgan fingerprint density at radius 1 is 1.35 bits per heavy atom. The summed E-state index contributed by atoms with van der Waals surface area (Å²) in [6.45, 7) is 13.0. The van der Waals surface area contributed by atoms with Crippen molar-refractivity contribution in [2.75, 3.05) is 25.4 Å². The molecule has 1 unspecified atom stereocenters. The van der Waals surface area contributed by atoms with E-state index in [4.69, 9.17) is 10.5 Å². The minimum atomic E-state index is 0.396. The van der Waals surface area contributed by atoms with Gasteiger partial charge in [-0.25, -0.2) is 0 Å². The Labute approximate surface area is 123 Å². The zero-order valence-electron chi connectivity index (χ0n) is 13.3. The summed E-state index contributed by atoms with van der Waals surface area (Å²) >= 11 is 0. The molecule has 3 heteroatoms. The SMILES string of the molecule is CCOc1ccc(N)cc1CN1CCC(C(C)(C)C)C1. The molecule has 2 rings (SSSR count). The van der Waals surface area contributed by atoms with Gasteiger partial charge in [-0.15, -0.1) is 0 Å². The fourth-order valence-electron chi connectivity index (χ4n) is 2.94. The van der Waals surface area contributed by atoms with Crippen LogP contribution >= 0.6 is 0 Å². The summed E-state index contributed by atoms with van der Waals surface area (Å²) in [6.07, 6.45) is 1.29. The highest BCUT2D eigenvalue weighted by Gasteiger charge is 2.31. The Morgan fingerprint density at radius 2 is 2.10 bits per heavy atom. The lowest BCUT2D eigenvalue weighted by molar-refractivity contribution is 0.224. The zero-order chi connectivity index (χ0) is 14.8. The number of ether oxygens (including phenoxy) is 1. The Kier molecular flexibility index (Phi) is 4.59.